The first-order valence-corrected chi connectivity index (χ1v) is 9.29. The minimum absolute atomic E-state index is 0.0510. The van der Waals surface area contributed by atoms with E-state index in [0.717, 1.165) is 0 Å². The van der Waals surface area contributed by atoms with Gasteiger partial charge in [0.2, 0.25) is 5.78 Å². The Morgan fingerprint density at radius 3 is 2.10 bits per heavy atom. The molecular weight excluding hydrogens is 388 g/mol. The molecule has 0 saturated carbocycles. The first kappa shape index (κ1) is 23.4. The lowest BCUT2D eigenvalue weighted by Gasteiger charge is -2.28. The molecule has 0 spiro atoms. The maximum atomic E-state index is 12.8. The number of rotatable bonds is 8. The maximum absolute atomic E-state index is 12.8. The van der Waals surface area contributed by atoms with E-state index in [1.165, 1.54) is 31.4 Å². The summed E-state index contributed by atoms with van der Waals surface area (Å²) in [5.74, 6) is -4.32. The van der Waals surface area contributed by atoms with Crippen LogP contribution in [0.3, 0.4) is 0 Å². The third-order valence-corrected chi connectivity index (χ3v) is 3.99. The first-order chi connectivity index (χ1) is 14.0. The molecule has 0 saturated heterocycles. The van der Waals surface area contributed by atoms with Crippen molar-refractivity contribution in [3.63, 3.8) is 0 Å². The van der Waals surface area contributed by atoms with Crippen molar-refractivity contribution >= 4 is 17.8 Å². The number of benzene rings is 2. The summed E-state index contributed by atoms with van der Waals surface area (Å²) in [4.78, 5) is 34.1. The zero-order valence-corrected chi connectivity index (χ0v) is 17.4. The van der Waals surface area contributed by atoms with Crippen LogP contribution in [-0.4, -0.2) is 40.5 Å². The zero-order chi connectivity index (χ0) is 22.4. The Morgan fingerprint density at radius 2 is 1.57 bits per heavy atom. The molecule has 1 atom stereocenters. The van der Waals surface area contributed by atoms with Crippen LogP contribution >= 0.6 is 0 Å². The number of ketones is 1. The molecule has 0 radical (unpaired) electrons. The van der Waals surface area contributed by atoms with Gasteiger partial charge in [-0.3, -0.25) is 4.79 Å². The smallest absolute Gasteiger partial charge is 0.331 e. The first-order valence-electron chi connectivity index (χ1n) is 9.29. The summed E-state index contributed by atoms with van der Waals surface area (Å²) in [6.45, 7) is 5.31. The van der Waals surface area contributed by atoms with Crippen LogP contribution in [-0.2, 0) is 19.3 Å². The van der Waals surface area contributed by atoms with Crippen LogP contribution in [0.25, 0.3) is 6.08 Å². The van der Waals surface area contributed by atoms with Crippen LogP contribution in [0.5, 0.6) is 0 Å². The molecule has 0 amide bonds. The second kappa shape index (κ2) is 9.77. The molecule has 0 bridgehead atoms. The molecular formula is C23H26O7. The second-order valence-corrected chi connectivity index (χ2v) is 7.60. The fourth-order valence-corrected chi connectivity index (χ4v) is 2.66. The highest BCUT2D eigenvalue weighted by Crippen LogP contribution is 2.31. The van der Waals surface area contributed by atoms with E-state index in [4.69, 9.17) is 9.62 Å². The fourth-order valence-electron chi connectivity index (χ4n) is 2.66. The quantitative estimate of drug-likeness (QED) is 0.171. The second-order valence-electron chi connectivity index (χ2n) is 7.60. The predicted molar refractivity (Wildman–Crippen MR) is 110 cm³/mol. The Balaban J connectivity index is 2.18. The van der Waals surface area contributed by atoms with Gasteiger partial charge in [0, 0.05) is 11.6 Å². The van der Waals surface area contributed by atoms with Crippen LogP contribution in [0.15, 0.2) is 60.7 Å². The third-order valence-electron chi connectivity index (χ3n) is 3.99. The lowest BCUT2D eigenvalue weighted by Crippen LogP contribution is -2.45. The lowest BCUT2D eigenvalue weighted by molar-refractivity contribution is -0.360. The van der Waals surface area contributed by atoms with Gasteiger partial charge in [0.25, 0.3) is 5.79 Å². The SMILES string of the molecule is COOC(c1ccccc1)C(O)(O)C(=O)c1ccc(/C=C/C(=O)OC(C)(C)C)cc1. The average molecular weight is 414 g/mol. The monoisotopic (exact) mass is 414 g/mol. The number of hydrogen-bond acceptors (Lipinski definition) is 7. The topological polar surface area (TPSA) is 102 Å². The van der Waals surface area contributed by atoms with E-state index in [-0.39, 0.29) is 5.56 Å². The molecule has 7 nitrogen and oxygen atoms in total. The van der Waals surface area contributed by atoms with Crippen molar-refractivity contribution in [2.45, 2.75) is 38.3 Å². The summed E-state index contributed by atoms with van der Waals surface area (Å²) in [7, 11) is 1.21. The van der Waals surface area contributed by atoms with Crippen molar-refractivity contribution in [3.8, 4) is 0 Å². The predicted octanol–water partition coefficient (Wildman–Crippen LogP) is 3.22. The fraction of sp³-hybridized carbons (Fsp3) is 0.304. The van der Waals surface area contributed by atoms with Crippen molar-refractivity contribution in [1.82, 2.24) is 0 Å². The van der Waals surface area contributed by atoms with Crippen LogP contribution in [0.1, 0.15) is 48.4 Å². The Morgan fingerprint density at radius 1 is 0.967 bits per heavy atom. The molecule has 0 fully saturated rings. The van der Waals surface area contributed by atoms with Gasteiger partial charge in [-0.25, -0.2) is 14.6 Å². The molecule has 1 unspecified atom stereocenters. The van der Waals surface area contributed by atoms with Crippen molar-refractivity contribution in [2.75, 3.05) is 7.11 Å². The largest absolute Gasteiger partial charge is 0.457 e. The number of ether oxygens (including phenoxy) is 1. The average Bonchev–Trinajstić information content (AvgIpc) is 2.69. The van der Waals surface area contributed by atoms with Gasteiger partial charge in [0.15, 0.2) is 6.10 Å². The number of hydrogen-bond donors (Lipinski definition) is 2. The van der Waals surface area contributed by atoms with Gasteiger partial charge in [-0.2, -0.15) is 0 Å². The highest BCUT2D eigenvalue weighted by Gasteiger charge is 2.45. The minimum Gasteiger partial charge on any atom is -0.457 e. The van der Waals surface area contributed by atoms with Crippen LogP contribution in [0.2, 0.25) is 0 Å². The number of aliphatic hydroxyl groups is 2. The summed E-state index contributed by atoms with van der Waals surface area (Å²) < 4.78 is 5.19. The van der Waals surface area contributed by atoms with Gasteiger partial charge < -0.3 is 14.9 Å². The van der Waals surface area contributed by atoms with Crippen molar-refractivity contribution in [3.05, 3.63) is 77.4 Å². The lowest BCUT2D eigenvalue weighted by atomic mass is 9.93. The van der Waals surface area contributed by atoms with Gasteiger partial charge in [0.05, 0.1) is 7.11 Å². The van der Waals surface area contributed by atoms with E-state index >= 15 is 0 Å². The third kappa shape index (κ3) is 6.33. The Bertz CT molecular complexity index is 878. The summed E-state index contributed by atoms with van der Waals surface area (Å²) in [5, 5.41) is 21.1. The Kier molecular flexibility index (Phi) is 7.64. The normalized spacial score (nSPS) is 13.3. The Labute approximate surface area is 175 Å². The van der Waals surface area contributed by atoms with Crippen LogP contribution in [0, 0.1) is 0 Å². The molecule has 0 aliphatic heterocycles. The van der Waals surface area contributed by atoms with Crippen molar-refractivity contribution in [1.29, 1.82) is 0 Å². The zero-order valence-electron chi connectivity index (χ0n) is 17.4. The summed E-state index contributed by atoms with van der Waals surface area (Å²) in [6.07, 6.45) is 1.36. The molecule has 0 aliphatic rings. The molecule has 30 heavy (non-hydrogen) atoms. The van der Waals surface area contributed by atoms with Crippen molar-refractivity contribution in [2.24, 2.45) is 0 Å². The maximum Gasteiger partial charge on any atom is 0.331 e. The van der Waals surface area contributed by atoms with E-state index in [0.29, 0.717) is 11.1 Å². The number of carbonyl (C=O) groups is 2. The van der Waals surface area contributed by atoms with Crippen molar-refractivity contribution < 1.29 is 34.3 Å². The molecule has 7 heteroatoms. The number of carbonyl (C=O) groups excluding carboxylic acids is 2. The summed E-state index contributed by atoms with van der Waals surface area (Å²) >= 11 is 0. The van der Waals surface area contributed by atoms with Gasteiger partial charge >= 0.3 is 5.97 Å². The van der Waals surface area contributed by atoms with E-state index in [1.807, 2.05) is 0 Å². The molecule has 2 rings (SSSR count). The van der Waals surface area contributed by atoms with Gasteiger partial charge in [-0.05, 0) is 38.0 Å². The highest BCUT2D eigenvalue weighted by atomic mass is 17.2. The van der Waals surface area contributed by atoms with E-state index in [9.17, 15) is 19.8 Å². The molecule has 2 aromatic carbocycles. The van der Waals surface area contributed by atoms with Crippen LogP contribution in [0.4, 0.5) is 0 Å². The molecule has 2 aromatic rings. The van der Waals surface area contributed by atoms with Gasteiger partial charge in [-0.1, -0.05) is 54.6 Å². The summed E-state index contributed by atoms with van der Waals surface area (Å²) in [5.41, 5.74) is 0.444. The van der Waals surface area contributed by atoms with E-state index in [2.05, 4.69) is 4.89 Å². The van der Waals surface area contributed by atoms with Gasteiger partial charge in [-0.15, -0.1) is 0 Å². The summed E-state index contributed by atoms with van der Waals surface area (Å²) in [6, 6.07) is 14.3. The molecule has 0 aromatic heterocycles. The van der Waals surface area contributed by atoms with Gasteiger partial charge in [0.1, 0.15) is 5.60 Å². The number of esters is 1. The molecule has 2 N–H and O–H groups in total. The van der Waals surface area contributed by atoms with Crippen LogP contribution < -0.4 is 0 Å². The Hall–Kier alpha value is -2.84. The highest BCUT2D eigenvalue weighted by molar-refractivity contribution is 6.01. The standard InChI is InChI=1S/C23H26O7/c1-22(2,3)29-19(24)15-12-16-10-13-17(14-11-16)20(25)23(26,27)21(30-28-4)18-8-6-5-7-9-18/h5-15,21,26-27H,1-4H3/b15-12+. The molecule has 0 aliphatic carbocycles. The number of Topliss-reactive ketones (excluding diaryl/α,β-unsaturated/α-hetero) is 1. The molecule has 160 valence electrons. The van der Waals surface area contributed by atoms with E-state index in [1.54, 1.807) is 63.2 Å². The molecule has 0 heterocycles. The minimum atomic E-state index is -2.87. The van der Waals surface area contributed by atoms with E-state index < -0.39 is 29.2 Å².